The highest BCUT2D eigenvalue weighted by atomic mass is 19.4. The smallest absolute Gasteiger partial charge is 0.372 e. The highest BCUT2D eigenvalue weighted by Crippen LogP contribution is 2.16. The summed E-state index contributed by atoms with van der Waals surface area (Å²) in [5.74, 6) is -0.487. The quantitative estimate of drug-likeness (QED) is 0.704. The molecule has 3 N–H and O–H groups in total. The molecule has 0 saturated heterocycles. The van der Waals surface area contributed by atoms with Crippen LogP contribution in [0, 0.1) is 0 Å². The molecular weight excluding hydrogens is 303 g/mol. The Hall–Kier alpha value is -2.29. The van der Waals surface area contributed by atoms with Gasteiger partial charge < -0.3 is 20.7 Å². The molecule has 122 valence electrons. The van der Waals surface area contributed by atoms with E-state index in [0.29, 0.717) is 11.4 Å². The van der Waals surface area contributed by atoms with Crippen LogP contribution in [0.2, 0.25) is 0 Å². The van der Waals surface area contributed by atoms with E-state index in [9.17, 15) is 22.8 Å². The molecule has 1 aromatic rings. The van der Waals surface area contributed by atoms with E-state index in [1.165, 1.54) is 13.1 Å². The van der Waals surface area contributed by atoms with Crippen molar-refractivity contribution in [3.05, 3.63) is 24.3 Å². The first kappa shape index (κ1) is 17.8. The lowest BCUT2D eigenvalue weighted by Crippen LogP contribution is -2.24. The first-order chi connectivity index (χ1) is 10.3. The molecule has 22 heavy (non-hydrogen) atoms. The summed E-state index contributed by atoms with van der Waals surface area (Å²) in [5, 5.41) is 7.40. The van der Waals surface area contributed by atoms with Crippen LogP contribution in [0.1, 0.15) is 6.42 Å². The summed E-state index contributed by atoms with van der Waals surface area (Å²) in [6, 6.07) is 5.93. The average molecular weight is 319 g/mol. The number of hydrogen-bond acceptors (Lipinski definition) is 3. The van der Waals surface area contributed by atoms with Gasteiger partial charge in [-0.2, -0.15) is 13.2 Å². The molecule has 6 nitrogen and oxygen atoms in total. The second-order valence-electron chi connectivity index (χ2n) is 4.25. The SMILES string of the molecule is CNC(=O)Nc1cccc(NC(=O)CCOCC(F)(F)F)c1. The summed E-state index contributed by atoms with van der Waals surface area (Å²) in [4.78, 5) is 22.7. The summed E-state index contributed by atoms with van der Waals surface area (Å²) < 4.78 is 39.9. The molecule has 0 heterocycles. The summed E-state index contributed by atoms with van der Waals surface area (Å²) in [7, 11) is 1.46. The fourth-order valence-electron chi connectivity index (χ4n) is 1.44. The van der Waals surface area contributed by atoms with Crippen molar-refractivity contribution in [2.45, 2.75) is 12.6 Å². The first-order valence-electron chi connectivity index (χ1n) is 6.33. The molecule has 0 radical (unpaired) electrons. The molecule has 0 aliphatic carbocycles. The van der Waals surface area contributed by atoms with Gasteiger partial charge in [-0.1, -0.05) is 6.07 Å². The molecule has 0 aromatic heterocycles. The van der Waals surface area contributed by atoms with Crippen LogP contribution in [0.5, 0.6) is 0 Å². The second kappa shape index (κ2) is 8.23. The monoisotopic (exact) mass is 319 g/mol. The van der Waals surface area contributed by atoms with Gasteiger partial charge in [0.1, 0.15) is 6.61 Å². The molecule has 3 amide bonds. The number of carbonyl (C=O) groups excluding carboxylic acids is 2. The highest BCUT2D eigenvalue weighted by Gasteiger charge is 2.27. The van der Waals surface area contributed by atoms with Crippen molar-refractivity contribution >= 4 is 23.3 Å². The molecule has 1 rings (SSSR count). The number of amides is 3. The molecule has 0 unspecified atom stereocenters. The normalized spacial score (nSPS) is 10.9. The number of urea groups is 1. The second-order valence-corrected chi connectivity index (χ2v) is 4.25. The number of benzene rings is 1. The topological polar surface area (TPSA) is 79.5 Å². The summed E-state index contributed by atoms with van der Waals surface area (Å²) in [5.41, 5.74) is 0.875. The lowest BCUT2D eigenvalue weighted by Gasteiger charge is -2.09. The van der Waals surface area contributed by atoms with Crippen molar-refractivity contribution in [1.29, 1.82) is 0 Å². The van der Waals surface area contributed by atoms with Crippen molar-refractivity contribution in [1.82, 2.24) is 5.32 Å². The Morgan fingerprint density at radius 2 is 1.82 bits per heavy atom. The maximum Gasteiger partial charge on any atom is 0.411 e. The maximum absolute atomic E-state index is 11.8. The molecule has 0 aliphatic heterocycles. The van der Waals surface area contributed by atoms with Gasteiger partial charge in [-0.15, -0.1) is 0 Å². The largest absolute Gasteiger partial charge is 0.411 e. The third-order valence-corrected chi connectivity index (χ3v) is 2.37. The van der Waals surface area contributed by atoms with Crippen molar-refractivity contribution in [3.8, 4) is 0 Å². The van der Waals surface area contributed by atoms with Gasteiger partial charge in [0.05, 0.1) is 13.0 Å². The summed E-state index contributed by atoms with van der Waals surface area (Å²) >= 11 is 0. The van der Waals surface area contributed by atoms with E-state index in [1.807, 2.05) is 0 Å². The number of halogens is 3. The number of ether oxygens (including phenoxy) is 1. The zero-order valence-corrected chi connectivity index (χ0v) is 11.8. The van der Waals surface area contributed by atoms with E-state index in [2.05, 4.69) is 20.7 Å². The minimum absolute atomic E-state index is 0.205. The maximum atomic E-state index is 11.8. The van der Waals surface area contributed by atoms with Crippen LogP contribution in [0.3, 0.4) is 0 Å². The lowest BCUT2D eigenvalue weighted by atomic mass is 10.2. The zero-order valence-electron chi connectivity index (χ0n) is 11.8. The third kappa shape index (κ3) is 7.48. The van der Waals surface area contributed by atoms with Crippen LogP contribution in [0.25, 0.3) is 0 Å². The Balaban J connectivity index is 2.41. The Morgan fingerprint density at radius 1 is 1.18 bits per heavy atom. The fraction of sp³-hybridized carbons (Fsp3) is 0.385. The number of nitrogens with one attached hydrogen (secondary N) is 3. The van der Waals surface area contributed by atoms with Crippen molar-refractivity contribution in [3.63, 3.8) is 0 Å². The van der Waals surface area contributed by atoms with E-state index >= 15 is 0 Å². The van der Waals surface area contributed by atoms with Gasteiger partial charge in [0, 0.05) is 18.4 Å². The van der Waals surface area contributed by atoms with Crippen LogP contribution in [0.15, 0.2) is 24.3 Å². The van der Waals surface area contributed by atoms with Crippen LogP contribution in [0.4, 0.5) is 29.3 Å². The molecule has 0 fully saturated rings. The van der Waals surface area contributed by atoms with E-state index < -0.39 is 24.7 Å². The predicted molar refractivity (Wildman–Crippen MR) is 74.6 cm³/mol. The Morgan fingerprint density at radius 3 is 2.41 bits per heavy atom. The Kier molecular flexibility index (Phi) is 6.64. The number of anilines is 2. The van der Waals surface area contributed by atoms with E-state index in [0.717, 1.165) is 0 Å². The van der Waals surface area contributed by atoms with Gasteiger partial charge >= 0.3 is 12.2 Å². The molecular formula is C13H16F3N3O3. The van der Waals surface area contributed by atoms with Crippen LogP contribution in [-0.4, -0.2) is 38.4 Å². The molecule has 0 saturated carbocycles. The van der Waals surface area contributed by atoms with Gasteiger partial charge in [0.25, 0.3) is 0 Å². The summed E-state index contributed by atoms with van der Waals surface area (Å²) in [6.07, 6.45) is -4.61. The number of hydrogen-bond donors (Lipinski definition) is 3. The zero-order chi connectivity index (χ0) is 16.6. The molecule has 0 atom stereocenters. The average Bonchev–Trinajstić information content (AvgIpc) is 2.43. The van der Waals surface area contributed by atoms with Gasteiger partial charge in [-0.05, 0) is 18.2 Å². The fourth-order valence-corrected chi connectivity index (χ4v) is 1.44. The molecule has 0 bridgehead atoms. The minimum Gasteiger partial charge on any atom is -0.372 e. The minimum atomic E-state index is -4.41. The number of alkyl halides is 3. The summed E-state index contributed by atoms with van der Waals surface area (Å²) in [6.45, 7) is -1.71. The molecule has 9 heteroatoms. The number of carbonyl (C=O) groups is 2. The standard InChI is InChI=1S/C13H16F3N3O3/c1-17-12(21)19-10-4-2-3-9(7-10)18-11(20)5-6-22-8-13(14,15)16/h2-4,7H,5-6,8H2,1H3,(H,18,20)(H2,17,19,21). The van der Waals surface area contributed by atoms with Crippen LogP contribution < -0.4 is 16.0 Å². The van der Waals surface area contributed by atoms with Crippen LogP contribution >= 0.6 is 0 Å². The number of rotatable bonds is 6. The third-order valence-electron chi connectivity index (χ3n) is 2.37. The molecule has 0 aliphatic rings. The van der Waals surface area contributed by atoms with E-state index in [-0.39, 0.29) is 13.0 Å². The van der Waals surface area contributed by atoms with Crippen LogP contribution in [-0.2, 0) is 9.53 Å². The highest BCUT2D eigenvalue weighted by molar-refractivity contribution is 5.93. The van der Waals surface area contributed by atoms with Gasteiger partial charge in [-0.25, -0.2) is 4.79 Å². The predicted octanol–water partition coefficient (Wildman–Crippen LogP) is 2.35. The Bertz CT molecular complexity index is 521. The van der Waals surface area contributed by atoms with Gasteiger partial charge in [-0.3, -0.25) is 4.79 Å². The Labute approximate surface area is 125 Å². The van der Waals surface area contributed by atoms with E-state index in [1.54, 1.807) is 18.2 Å². The van der Waals surface area contributed by atoms with Crippen molar-refractivity contribution in [2.75, 3.05) is 30.9 Å². The molecule has 0 spiro atoms. The van der Waals surface area contributed by atoms with Gasteiger partial charge in [0.15, 0.2) is 0 Å². The van der Waals surface area contributed by atoms with Crippen molar-refractivity contribution < 1.29 is 27.5 Å². The van der Waals surface area contributed by atoms with Gasteiger partial charge in [0.2, 0.25) is 5.91 Å². The van der Waals surface area contributed by atoms with Crippen molar-refractivity contribution in [2.24, 2.45) is 0 Å². The first-order valence-corrected chi connectivity index (χ1v) is 6.33. The molecule has 1 aromatic carbocycles. The lowest BCUT2D eigenvalue weighted by molar-refractivity contribution is -0.174. The van der Waals surface area contributed by atoms with E-state index in [4.69, 9.17) is 0 Å².